The number of likely N-dealkylation sites (tertiary alicyclic amines) is 1. The number of hydrogen-bond acceptors (Lipinski definition) is 5. The summed E-state index contributed by atoms with van der Waals surface area (Å²) >= 11 is 0. The fourth-order valence-electron chi connectivity index (χ4n) is 3.32. The van der Waals surface area contributed by atoms with Crippen molar-refractivity contribution in [2.75, 3.05) is 40.3 Å². The van der Waals surface area contributed by atoms with Gasteiger partial charge in [0.2, 0.25) is 5.91 Å². The van der Waals surface area contributed by atoms with Gasteiger partial charge < -0.3 is 20.5 Å². The van der Waals surface area contributed by atoms with Crippen LogP contribution in [0.1, 0.15) is 24.8 Å². The Morgan fingerprint density at radius 1 is 1.33 bits per heavy atom. The summed E-state index contributed by atoms with van der Waals surface area (Å²) in [4.78, 5) is 15.6. The predicted molar refractivity (Wildman–Crippen MR) is 93.8 cm³/mol. The Hall–Kier alpha value is -1.63. The van der Waals surface area contributed by atoms with Crippen LogP contribution < -0.4 is 10.5 Å². The highest BCUT2D eigenvalue weighted by atomic mass is 16.5. The first-order valence-electron chi connectivity index (χ1n) is 8.47. The van der Waals surface area contributed by atoms with Gasteiger partial charge in [-0.05, 0) is 44.0 Å². The average Bonchev–Trinajstić information content (AvgIpc) is 2.76. The summed E-state index contributed by atoms with van der Waals surface area (Å²) in [6, 6.07) is 7.96. The van der Waals surface area contributed by atoms with Gasteiger partial charge in [-0.25, -0.2) is 0 Å². The van der Waals surface area contributed by atoms with E-state index < -0.39 is 5.60 Å². The molecule has 1 aliphatic heterocycles. The molecule has 1 unspecified atom stereocenters. The number of carbonyl (C=O) groups is 1. The minimum atomic E-state index is -0.759. The molecular formula is C18H29N3O3. The van der Waals surface area contributed by atoms with Gasteiger partial charge in [0, 0.05) is 26.2 Å². The number of rotatable bonds is 6. The lowest BCUT2D eigenvalue weighted by molar-refractivity contribution is -0.129. The van der Waals surface area contributed by atoms with Crippen LogP contribution in [0.25, 0.3) is 0 Å². The molecule has 0 saturated carbocycles. The highest BCUT2D eigenvalue weighted by molar-refractivity contribution is 5.78. The molecule has 1 saturated heterocycles. The van der Waals surface area contributed by atoms with E-state index in [0.717, 1.165) is 18.7 Å². The molecular weight excluding hydrogens is 306 g/mol. The van der Waals surface area contributed by atoms with Crippen molar-refractivity contribution in [3.63, 3.8) is 0 Å². The monoisotopic (exact) mass is 335 g/mol. The van der Waals surface area contributed by atoms with Gasteiger partial charge in [0.15, 0.2) is 0 Å². The van der Waals surface area contributed by atoms with E-state index >= 15 is 0 Å². The third kappa shape index (κ3) is 5.19. The van der Waals surface area contributed by atoms with Crippen molar-refractivity contribution in [1.29, 1.82) is 0 Å². The topological polar surface area (TPSA) is 79.0 Å². The zero-order valence-electron chi connectivity index (χ0n) is 14.7. The van der Waals surface area contributed by atoms with Gasteiger partial charge in [0.1, 0.15) is 5.75 Å². The van der Waals surface area contributed by atoms with Gasteiger partial charge in [0.25, 0.3) is 0 Å². The number of methoxy groups -OCH3 is 1. The molecule has 1 aromatic carbocycles. The largest absolute Gasteiger partial charge is 0.497 e. The molecule has 0 radical (unpaired) electrons. The zero-order chi connectivity index (χ0) is 17.6. The number of hydrogen-bond donors (Lipinski definition) is 2. The third-order valence-electron chi connectivity index (χ3n) is 4.62. The molecule has 2 rings (SSSR count). The van der Waals surface area contributed by atoms with Crippen LogP contribution in [0.15, 0.2) is 24.3 Å². The summed E-state index contributed by atoms with van der Waals surface area (Å²) in [5.41, 5.74) is 5.86. The Bertz CT molecular complexity index is 535. The number of carbonyl (C=O) groups excluding carboxylic acids is 1. The molecule has 0 spiro atoms. The predicted octanol–water partition coefficient (Wildman–Crippen LogP) is 0.829. The summed E-state index contributed by atoms with van der Waals surface area (Å²) in [6.45, 7) is 2.64. The second-order valence-corrected chi connectivity index (χ2v) is 6.68. The lowest BCUT2D eigenvalue weighted by atomic mass is 9.94. The van der Waals surface area contributed by atoms with Gasteiger partial charge in [0.05, 0.1) is 19.3 Å². The molecule has 1 amide bonds. The first-order valence-corrected chi connectivity index (χ1v) is 8.47. The molecule has 1 aliphatic rings. The molecule has 1 fully saturated rings. The number of aliphatic hydroxyl groups is 1. The van der Waals surface area contributed by atoms with Crippen LogP contribution in [0.3, 0.4) is 0 Å². The van der Waals surface area contributed by atoms with E-state index in [1.807, 2.05) is 31.3 Å². The molecule has 0 aliphatic carbocycles. The molecule has 1 aromatic rings. The van der Waals surface area contributed by atoms with E-state index in [0.29, 0.717) is 32.5 Å². The van der Waals surface area contributed by atoms with Gasteiger partial charge in [-0.15, -0.1) is 0 Å². The van der Waals surface area contributed by atoms with Crippen LogP contribution in [-0.4, -0.2) is 66.8 Å². The van der Waals surface area contributed by atoms with E-state index in [-0.39, 0.29) is 12.5 Å². The first-order chi connectivity index (χ1) is 11.5. The molecule has 6 nitrogen and oxygen atoms in total. The van der Waals surface area contributed by atoms with Crippen molar-refractivity contribution in [2.45, 2.75) is 31.4 Å². The van der Waals surface area contributed by atoms with Crippen molar-refractivity contribution in [3.05, 3.63) is 29.8 Å². The molecule has 0 bridgehead atoms. The van der Waals surface area contributed by atoms with E-state index in [9.17, 15) is 9.90 Å². The van der Waals surface area contributed by atoms with Crippen molar-refractivity contribution in [3.8, 4) is 5.75 Å². The smallest absolute Gasteiger partial charge is 0.236 e. The van der Waals surface area contributed by atoms with Gasteiger partial charge in [-0.1, -0.05) is 12.1 Å². The number of nitrogens with zero attached hydrogens (tertiary/aromatic N) is 2. The Morgan fingerprint density at radius 2 is 2.04 bits per heavy atom. The summed E-state index contributed by atoms with van der Waals surface area (Å²) in [5, 5.41) is 10.9. The Morgan fingerprint density at radius 3 is 2.67 bits per heavy atom. The summed E-state index contributed by atoms with van der Waals surface area (Å²) in [5.74, 6) is 0.805. The van der Waals surface area contributed by atoms with Crippen molar-refractivity contribution < 1.29 is 14.6 Å². The fraction of sp³-hybridized carbons (Fsp3) is 0.611. The minimum absolute atomic E-state index is 0.0363. The van der Waals surface area contributed by atoms with Crippen LogP contribution >= 0.6 is 0 Å². The molecule has 3 N–H and O–H groups in total. The van der Waals surface area contributed by atoms with Crippen LogP contribution in [-0.2, 0) is 11.3 Å². The SMILES string of the molecule is COc1ccc(CN(C)CC2(O)CCCN(C(=O)CN)CC2)cc1. The second kappa shape index (κ2) is 8.46. The second-order valence-electron chi connectivity index (χ2n) is 6.68. The van der Waals surface area contributed by atoms with Crippen LogP contribution in [0.2, 0.25) is 0 Å². The Labute approximate surface area is 144 Å². The Kier molecular flexibility index (Phi) is 6.60. The average molecular weight is 335 g/mol. The number of ether oxygens (including phenoxy) is 1. The standard InChI is InChI=1S/C18H29N3O3/c1-20(13-15-4-6-16(24-2)7-5-15)14-18(23)8-3-10-21(11-9-18)17(22)12-19/h4-7,23H,3,8-14,19H2,1-2H3. The van der Waals surface area contributed by atoms with Crippen LogP contribution in [0.4, 0.5) is 0 Å². The van der Waals surface area contributed by atoms with E-state index in [2.05, 4.69) is 4.90 Å². The van der Waals surface area contributed by atoms with Crippen LogP contribution in [0.5, 0.6) is 5.75 Å². The maximum absolute atomic E-state index is 11.7. The molecule has 0 aromatic heterocycles. The van der Waals surface area contributed by atoms with Crippen molar-refractivity contribution in [2.24, 2.45) is 5.73 Å². The van der Waals surface area contributed by atoms with Crippen molar-refractivity contribution in [1.82, 2.24) is 9.80 Å². The maximum atomic E-state index is 11.7. The molecule has 1 atom stereocenters. The van der Waals surface area contributed by atoms with Gasteiger partial charge in [-0.3, -0.25) is 9.69 Å². The third-order valence-corrected chi connectivity index (χ3v) is 4.62. The number of nitrogens with two attached hydrogens (primary N) is 1. The van der Waals surface area contributed by atoms with E-state index in [1.165, 1.54) is 5.56 Å². The normalized spacial score (nSPS) is 21.6. The highest BCUT2D eigenvalue weighted by Crippen LogP contribution is 2.24. The lowest BCUT2D eigenvalue weighted by Gasteiger charge is -2.31. The maximum Gasteiger partial charge on any atom is 0.236 e. The van der Waals surface area contributed by atoms with E-state index in [4.69, 9.17) is 10.5 Å². The van der Waals surface area contributed by atoms with Crippen LogP contribution in [0, 0.1) is 0 Å². The summed E-state index contributed by atoms with van der Waals surface area (Å²) in [7, 11) is 3.66. The van der Waals surface area contributed by atoms with Gasteiger partial charge in [-0.2, -0.15) is 0 Å². The number of likely N-dealkylation sites (N-methyl/N-ethyl adjacent to an activating group) is 1. The summed E-state index contributed by atoms with van der Waals surface area (Å²) in [6.07, 6.45) is 2.10. The first kappa shape index (κ1) is 18.7. The number of amides is 1. The molecule has 24 heavy (non-hydrogen) atoms. The minimum Gasteiger partial charge on any atom is -0.497 e. The molecule has 1 heterocycles. The van der Waals surface area contributed by atoms with Crippen molar-refractivity contribution >= 4 is 5.91 Å². The highest BCUT2D eigenvalue weighted by Gasteiger charge is 2.32. The lowest BCUT2D eigenvalue weighted by Crippen LogP contribution is -2.43. The van der Waals surface area contributed by atoms with E-state index in [1.54, 1.807) is 12.0 Å². The fourth-order valence-corrected chi connectivity index (χ4v) is 3.32. The summed E-state index contributed by atoms with van der Waals surface area (Å²) < 4.78 is 5.17. The molecule has 134 valence electrons. The number of benzene rings is 1. The molecule has 6 heteroatoms. The Balaban J connectivity index is 1.89. The van der Waals surface area contributed by atoms with Gasteiger partial charge >= 0.3 is 0 Å². The quantitative estimate of drug-likeness (QED) is 0.805. The zero-order valence-corrected chi connectivity index (χ0v) is 14.7.